The first kappa shape index (κ1) is 22.3. The summed E-state index contributed by atoms with van der Waals surface area (Å²) >= 11 is 0. The third-order valence-electron chi connectivity index (χ3n) is 5.42. The Morgan fingerprint density at radius 2 is 1.80 bits per heavy atom. The van der Waals surface area contributed by atoms with Crippen molar-refractivity contribution in [1.29, 1.82) is 0 Å². The van der Waals surface area contributed by atoms with E-state index in [2.05, 4.69) is 5.10 Å². The van der Waals surface area contributed by atoms with Gasteiger partial charge in [0.1, 0.15) is 6.04 Å². The molecule has 0 aromatic heterocycles. The predicted octanol–water partition coefficient (Wildman–Crippen LogP) is 2.65. The highest BCUT2D eigenvalue weighted by Crippen LogP contribution is 2.35. The minimum atomic E-state index is -4.11. The molecule has 1 aromatic rings. The Bertz CT molecular complexity index is 949. The molecule has 30 heavy (non-hydrogen) atoms. The van der Waals surface area contributed by atoms with Crippen molar-refractivity contribution in [2.75, 3.05) is 24.7 Å². The molecule has 2 aliphatic rings. The zero-order chi connectivity index (χ0) is 21.9. The van der Waals surface area contributed by atoms with E-state index >= 15 is 0 Å². The first-order chi connectivity index (χ1) is 14.3. The largest absolute Gasteiger partial charge is 0.464 e. The van der Waals surface area contributed by atoms with Crippen molar-refractivity contribution in [2.45, 2.75) is 63.8 Å². The summed E-state index contributed by atoms with van der Waals surface area (Å²) in [6.07, 6.45) is 4.04. The Morgan fingerprint density at radius 3 is 2.40 bits per heavy atom. The van der Waals surface area contributed by atoms with Gasteiger partial charge in [0, 0.05) is 13.1 Å². The summed E-state index contributed by atoms with van der Waals surface area (Å²) < 4.78 is 31.8. The number of fused-ring (bicyclic) bond motifs is 1. The topological polar surface area (TPSA) is 96.3 Å². The summed E-state index contributed by atoms with van der Waals surface area (Å²) in [5.41, 5.74) is 1.12. The fraction of sp³-hybridized carbons (Fsp3) is 0.571. The van der Waals surface area contributed by atoms with Crippen LogP contribution < -0.4 is 5.01 Å². The molecule has 2 aliphatic heterocycles. The minimum Gasteiger partial charge on any atom is -0.464 e. The number of benzene rings is 1. The second-order valence-electron chi connectivity index (χ2n) is 7.61. The van der Waals surface area contributed by atoms with Gasteiger partial charge in [-0.2, -0.15) is 5.10 Å². The molecule has 1 aromatic carbocycles. The molecule has 0 N–H and O–H groups in total. The summed E-state index contributed by atoms with van der Waals surface area (Å²) in [6.45, 7) is 6.54. The normalized spacial score (nSPS) is 19.4. The van der Waals surface area contributed by atoms with Gasteiger partial charge < -0.3 is 9.64 Å². The van der Waals surface area contributed by atoms with E-state index in [1.807, 2.05) is 6.92 Å². The average Bonchev–Trinajstić information content (AvgIpc) is 2.99. The molecule has 0 unspecified atom stereocenters. The van der Waals surface area contributed by atoms with Crippen LogP contribution in [0.4, 0.5) is 5.69 Å². The molecule has 0 bridgehead atoms. The smallest absolute Gasteiger partial charge is 0.330 e. The Labute approximate surface area is 177 Å². The lowest BCUT2D eigenvalue weighted by Gasteiger charge is -2.33. The highest BCUT2D eigenvalue weighted by molar-refractivity contribution is 8.08. The number of anilines is 1. The lowest BCUT2D eigenvalue weighted by molar-refractivity contribution is -0.144. The van der Waals surface area contributed by atoms with E-state index in [4.69, 9.17) is 4.74 Å². The molecule has 1 amide bonds. The molecule has 0 radical (unpaired) electrons. The van der Waals surface area contributed by atoms with Gasteiger partial charge in [0.25, 0.3) is 5.91 Å². The van der Waals surface area contributed by atoms with Crippen LogP contribution in [0, 0.1) is 6.92 Å². The Kier molecular flexibility index (Phi) is 6.80. The highest BCUT2D eigenvalue weighted by atomic mass is 32.2. The number of hydrazone groups is 1. The van der Waals surface area contributed by atoms with Crippen LogP contribution in [0.2, 0.25) is 0 Å². The Hall–Kier alpha value is -2.42. The maximum atomic E-state index is 13.3. The summed E-state index contributed by atoms with van der Waals surface area (Å²) in [7, 11) is -4.11. The van der Waals surface area contributed by atoms with Crippen LogP contribution in [-0.2, 0) is 24.2 Å². The van der Waals surface area contributed by atoms with E-state index in [0.717, 1.165) is 31.2 Å². The molecule has 2 heterocycles. The van der Waals surface area contributed by atoms with Crippen LogP contribution in [0.15, 0.2) is 28.2 Å². The summed E-state index contributed by atoms with van der Waals surface area (Å²) in [5.74, 6) is -1.11. The number of aryl methyl sites for hydroxylation is 1. The number of hydrogen-bond acceptors (Lipinski definition) is 7. The Morgan fingerprint density at radius 1 is 1.13 bits per heavy atom. The second kappa shape index (κ2) is 9.16. The summed E-state index contributed by atoms with van der Waals surface area (Å²) in [6, 6.07) is 4.01. The number of rotatable bonds is 5. The van der Waals surface area contributed by atoms with E-state index in [-0.39, 0.29) is 11.5 Å². The fourth-order valence-corrected chi connectivity index (χ4v) is 5.26. The van der Waals surface area contributed by atoms with Crippen LogP contribution in [-0.4, -0.2) is 56.0 Å². The van der Waals surface area contributed by atoms with Gasteiger partial charge in [0.2, 0.25) is 14.9 Å². The molecule has 164 valence electrons. The number of nitrogens with zero attached hydrogens (tertiary/aromatic N) is 3. The molecular formula is C21H29N3O5S. The number of sulfone groups is 1. The molecule has 0 spiro atoms. The van der Waals surface area contributed by atoms with Crippen LogP contribution in [0.3, 0.4) is 0 Å². The number of ether oxygens (including phenoxy) is 1. The van der Waals surface area contributed by atoms with Crippen LogP contribution in [0.25, 0.3) is 0 Å². The number of carbonyl (C=O) groups excluding carboxylic acids is 2. The van der Waals surface area contributed by atoms with E-state index in [0.29, 0.717) is 25.2 Å². The Balaban J connectivity index is 2.11. The van der Waals surface area contributed by atoms with E-state index in [9.17, 15) is 18.0 Å². The van der Waals surface area contributed by atoms with Crippen molar-refractivity contribution < 1.29 is 22.7 Å². The van der Waals surface area contributed by atoms with Gasteiger partial charge in [-0.15, -0.1) is 0 Å². The van der Waals surface area contributed by atoms with Gasteiger partial charge in [0.15, 0.2) is 0 Å². The van der Waals surface area contributed by atoms with Crippen LogP contribution >= 0.6 is 0 Å². The quantitative estimate of drug-likeness (QED) is 0.660. The molecule has 1 fully saturated rings. The van der Waals surface area contributed by atoms with Crippen molar-refractivity contribution >= 4 is 32.4 Å². The number of likely N-dealkylation sites (tertiary alicyclic amines) is 1. The van der Waals surface area contributed by atoms with Gasteiger partial charge in [-0.25, -0.2) is 18.2 Å². The monoisotopic (exact) mass is 435 g/mol. The summed E-state index contributed by atoms with van der Waals surface area (Å²) in [4.78, 5) is 27.4. The van der Waals surface area contributed by atoms with Crippen molar-refractivity contribution in [1.82, 2.24) is 4.90 Å². The number of hydrogen-bond donors (Lipinski definition) is 0. The van der Waals surface area contributed by atoms with Crippen molar-refractivity contribution in [3.63, 3.8) is 0 Å². The van der Waals surface area contributed by atoms with E-state index < -0.39 is 32.8 Å². The molecule has 9 heteroatoms. The van der Waals surface area contributed by atoms with Gasteiger partial charge in [-0.1, -0.05) is 25.8 Å². The van der Waals surface area contributed by atoms with Crippen LogP contribution in [0.1, 0.15) is 51.5 Å². The standard InChI is InChI=1S/C21H29N3O5S/c1-4-16(21(26)29-5-2)24-17-14-15(3)10-11-18(17)30(27,28)19(22-24)20(25)23-12-8-6-7-9-13-23/h10-11,14,16H,4-9,12-13H2,1-3H3/t16-/m0/s1. The first-order valence-corrected chi connectivity index (χ1v) is 12.0. The third-order valence-corrected chi connectivity index (χ3v) is 7.11. The highest BCUT2D eigenvalue weighted by Gasteiger charge is 2.42. The maximum Gasteiger partial charge on any atom is 0.330 e. The fourth-order valence-electron chi connectivity index (χ4n) is 3.83. The zero-order valence-corrected chi connectivity index (χ0v) is 18.6. The molecular weight excluding hydrogens is 406 g/mol. The summed E-state index contributed by atoms with van der Waals surface area (Å²) in [5, 5.41) is 5.10. The van der Waals surface area contributed by atoms with Crippen molar-refractivity contribution in [2.24, 2.45) is 5.10 Å². The van der Waals surface area contributed by atoms with Gasteiger partial charge in [-0.3, -0.25) is 4.79 Å². The SMILES string of the molecule is CCOC(=O)[C@H](CC)N1N=C(C(=O)N2CCCCCC2)S(=O)(=O)c2ccc(C)cc21. The minimum absolute atomic E-state index is 0.0102. The maximum absolute atomic E-state index is 13.3. The van der Waals surface area contributed by atoms with E-state index in [1.54, 1.807) is 30.9 Å². The van der Waals surface area contributed by atoms with Gasteiger partial charge >= 0.3 is 5.97 Å². The predicted molar refractivity (Wildman–Crippen MR) is 114 cm³/mol. The second-order valence-corrected chi connectivity index (χ2v) is 9.44. The van der Waals surface area contributed by atoms with Crippen LogP contribution in [0.5, 0.6) is 0 Å². The van der Waals surface area contributed by atoms with E-state index in [1.165, 1.54) is 11.1 Å². The lowest BCUT2D eigenvalue weighted by Crippen LogP contribution is -2.47. The third kappa shape index (κ3) is 4.21. The van der Waals surface area contributed by atoms with Crippen molar-refractivity contribution in [3.05, 3.63) is 23.8 Å². The molecule has 3 rings (SSSR count). The molecule has 0 aliphatic carbocycles. The molecule has 1 atom stereocenters. The number of carbonyl (C=O) groups is 2. The van der Waals surface area contributed by atoms with Gasteiger partial charge in [-0.05, 0) is 50.8 Å². The molecule has 0 saturated carbocycles. The molecule has 8 nitrogen and oxygen atoms in total. The molecule has 1 saturated heterocycles. The number of esters is 1. The zero-order valence-electron chi connectivity index (χ0n) is 17.8. The lowest BCUT2D eigenvalue weighted by atomic mass is 10.1. The van der Waals surface area contributed by atoms with Gasteiger partial charge in [0.05, 0.1) is 17.2 Å². The first-order valence-electron chi connectivity index (χ1n) is 10.5. The van der Waals surface area contributed by atoms with Crippen molar-refractivity contribution in [3.8, 4) is 0 Å². The number of amides is 1. The average molecular weight is 436 g/mol.